The summed E-state index contributed by atoms with van der Waals surface area (Å²) in [7, 11) is 1.57. The smallest absolute Gasteiger partial charge is 0.234 e. The first kappa shape index (κ1) is 11.8. The summed E-state index contributed by atoms with van der Waals surface area (Å²) in [5.74, 6) is 0.480. The second kappa shape index (κ2) is 5.58. The molecule has 0 aliphatic rings. The Morgan fingerprint density at radius 2 is 2.33 bits per heavy atom. The van der Waals surface area contributed by atoms with Crippen molar-refractivity contribution in [2.45, 2.75) is 6.54 Å². The first-order valence-electron chi connectivity index (χ1n) is 4.46. The van der Waals surface area contributed by atoms with Crippen molar-refractivity contribution in [3.8, 4) is 5.75 Å². The van der Waals surface area contributed by atoms with E-state index < -0.39 is 0 Å². The van der Waals surface area contributed by atoms with E-state index in [2.05, 4.69) is 5.32 Å². The lowest BCUT2D eigenvalue weighted by molar-refractivity contribution is -0.119. The molecule has 0 radical (unpaired) electrons. The van der Waals surface area contributed by atoms with Crippen LogP contribution in [0.4, 0.5) is 0 Å². The molecule has 0 fully saturated rings. The molecule has 0 spiro atoms. The minimum absolute atomic E-state index is 0.0249. The zero-order valence-corrected chi connectivity index (χ0v) is 9.17. The Labute approximate surface area is 93.4 Å². The predicted octanol–water partition coefficient (Wildman–Crippen LogP) is 0.923. The molecule has 0 saturated heterocycles. The monoisotopic (exact) mass is 228 g/mol. The first-order valence-corrected chi connectivity index (χ1v) is 4.84. The number of carbonyl (C=O) groups excluding carboxylic acids is 1. The lowest BCUT2D eigenvalue weighted by Crippen LogP contribution is -2.29. The number of hydrogen-bond acceptors (Lipinski definition) is 3. The fourth-order valence-corrected chi connectivity index (χ4v) is 1.35. The molecular weight excluding hydrogens is 216 g/mol. The summed E-state index contributed by atoms with van der Waals surface area (Å²) in [6.07, 6.45) is 0. The summed E-state index contributed by atoms with van der Waals surface area (Å²) >= 11 is 5.83. The first-order chi connectivity index (χ1) is 7.17. The van der Waals surface area contributed by atoms with Crippen LogP contribution in [-0.4, -0.2) is 19.6 Å². The van der Waals surface area contributed by atoms with Gasteiger partial charge in [0.05, 0.1) is 13.7 Å². The molecule has 1 amide bonds. The number of ether oxygens (including phenoxy) is 1. The average Bonchev–Trinajstić information content (AvgIpc) is 2.26. The molecule has 82 valence electrons. The topological polar surface area (TPSA) is 64.3 Å². The quantitative estimate of drug-likeness (QED) is 0.806. The lowest BCUT2D eigenvalue weighted by Gasteiger charge is -2.09. The van der Waals surface area contributed by atoms with Crippen LogP contribution in [0.3, 0.4) is 0 Å². The number of benzene rings is 1. The Kier molecular flexibility index (Phi) is 4.39. The normalized spacial score (nSPS) is 9.80. The van der Waals surface area contributed by atoms with Gasteiger partial charge < -0.3 is 15.8 Å². The largest absolute Gasteiger partial charge is 0.496 e. The summed E-state index contributed by atoms with van der Waals surface area (Å²) in [6, 6.07) is 5.23. The molecular formula is C10H13ClN2O2. The Morgan fingerprint density at radius 1 is 1.60 bits per heavy atom. The summed E-state index contributed by atoms with van der Waals surface area (Å²) in [5.41, 5.74) is 5.99. The molecule has 4 nitrogen and oxygen atoms in total. The minimum atomic E-state index is -0.211. The fraction of sp³-hybridized carbons (Fsp3) is 0.300. The Bertz CT molecular complexity index is 355. The van der Waals surface area contributed by atoms with E-state index in [1.807, 2.05) is 0 Å². The molecule has 0 aliphatic carbocycles. The maximum absolute atomic E-state index is 11.0. The van der Waals surface area contributed by atoms with E-state index in [1.54, 1.807) is 25.3 Å². The molecule has 1 aromatic rings. The highest BCUT2D eigenvalue weighted by molar-refractivity contribution is 6.30. The molecule has 15 heavy (non-hydrogen) atoms. The van der Waals surface area contributed by atoms with E-state index in [0.29, 0.717) is 17.3 Å². The van der Waals surface area contributed by atoms with Gasteiger partial charge in [-0.05, 0) is 18.2 Å². The number of carbonyl (C=O) groups is 1. The van der Waals surface area contributed by atoms with Gasteiger partial charge in [-0.1, -0.05) is 11.6 Å². The second-order valence-electron chi connectivity index (χ2n) is 2.94. The van der Waals surface area contributed by atoms with Gasteiger partial charge in [0.2, 0.25) is 5.91 Å². The van der Waals surface area contributed by atoms with Crippen molar-refractivity contribution >= 4 is 17.5 Å². The Balaban J connectivity index is 2.74. The molecule has 0 aliphatic heterocycles. The van der Waals surface area contributed by atoms with Crippen LogP contribution in [0.5, 0.6) is 5.75 Å². The van der Waals surface area contributed by atoms with Crippen molar-refractivity contribution in [2.24, 2.45) is 5.73 Å². The van der Waals surface area contributed by atoms with Crippen molar-refractivity contribution in [1.82, 2.24) is 5.32 Å². The van der Waals surface area contributed by atoms with E-state index in [1.165, 1.54) is 0 Å². The van der Waals surface area contributed by atoms with E-state index in [4.69, 9.17) is 22.1 Å². The maximum Gasteiger partial charge on any atom is 0.234 e. The fourth-order valence-electron chi connectivity index (χ4n) is 1.15. The van der Waals surface area contributed by atoms with Crippen LogP contribution in [0.15, 0.2) is 18.2 Å². The molecule has 0 heterocycles. The molecule has 1 rings (SSSR count). The van der Waals surface area contributed by atoms with Gasteiger partial charge in [-0.2, -0.15) is 0 Å². The number of amides is 1. The third kappa shape index (κ3) is 3.42. The van der Waals surface area contributed by atoms with E-state index >= 15 is 0 Å². The Hall–Kier alpha value is -1.26. The van der Waals surface area contributed by atoms with Crippen LogP contribution in [0.25, 0.3) is 0 Å². The third-order valence-electron chi connectivity index (χ3n) is 1.90. The highest BCUT2D eigenvalue weighted by Crippen LogP contribution is 2.22. The Morgan fingerprint density at radius 3 is 2.93 bits per heavy atom. The highest BCUT2D eigenvalue weighted by Gasteiger charge is 2.05. The number of rotatable bonds is 4. The van der Waals surface area contributed by atoms with Gasteiger partial charge in [-0.15, -0.1) is 0 Å². The molecule has 0 saturated carbocycles. The molecule has 0 bridgehead atoms. The van der Waals surface area contributed by atoms with Crippen LogP contribution < -0.4 is 15.8 Å². The van der Waals surface area contributed by atoms with E-state index in [0.717, 1.165) is 5.56 Å². The van der Waals surface area contributed by atoms with Crippen LogP contribution in [0, 0.1) is 0 Å². The van der Waals surface area contributed by atoms with Crippen molar-refractivity contribution in [1.29, 1.82) is 0 Å². The zero-order valence-electron chi connectivity index (χ0n) is 8.42. The average molecular weight is 229 g/mol. The molecule has 0 unspecified atom stereocenters. The summed E-state index contributed by atoms with van der Waals surface area (Å²) in [4.78, 5) is 11.0. The van der Waals surface area contributed by atoms with Crippen molar-refractivity contribution in [3.63, 3.8) is 0 Å². The van der Waals surface area contributed by atoms with Gasteiger partial charge in [0.25, 0.3) is 0 Å². The van der Waals surface area contributed by atoms with Crippen molar-refractivity contribution in [3.05, 3.63) is 28.8 Å². The van der Waals surface area contributed by atoms with E-state index in [9.17, 15) is 4.79 Å². The van der Waals surface area contributed by atoms with Gasteiger partial charge >= 0.3 is 0 Å². The summed E-state index contributed by atoms with van der Waals surface area (Å²) in [6.45, 7) is 0.336. The van der Waals surface area contributed by atoms with Gasteiger partial charge in [0.1, 0.15) is 5.75 Å². The maximum atomic E-state index is 11.0. The molecule has 1 aromatic carbocycles. The van der Waals surface area contributed by atoms with Crippen LogP contribution in [0.1, 0.15) is 5.56 Å². The third-order valence-corrected chi connectivity index (χ3v) is 2.14. The molecule has 0 aromatic heterocycles. The lowest BCUT2D eigenvalue weighted by atomic mass is 10.2. The minimum Gasteiger partial charge on any atom is -0.496 e. The van der Waals surface area contributed by atoms with Crippen molar-refractivity contribution in [2.75, 3.05) is 13.7 Å². The van der Waals surface area contributed by atoms with Crippen molar-refractivity contribution < 1.29 is 9.53 Å². The van der Waals surface area contributed by atoms with Gasteiger partial charge in [0.15, 0.2) is 0 Å². The SMILES string of the molecule is COc1ccc(Cl)cc1CNC(=O)CN. The predicted molar refractivity (Wildman–Crippen MR) is 58.9 cm³/mol. The molecule has 3 N–H and O–H groups in total. The summed E-state index contributed by atoms with van der Waals surface area (Å²) in [5, 5.41) is 3.25. The number of nitrogens with one attached hydrogen (secondary N) is 1. The van der Waals surface area contributed by atoms with Gasteiger partial charge in [-0.3, -0.25) is 4.79 Å². The highest BCUT2D eigenvalue weighted by atomic mass is 35.5. The number of methoxy groups -OCH3 is 1. The standard InChI is InChI=1S/C10H13ClN2O2/c1-15-9-3-2-8(11)4-7(9)6-13-10(14)5-12/h2-4H,5-6,12H2,1H3,(H,13,14). The van der Waals surface area contributed by atoms with Crippen LogP contribution in [0.2, 0.25) is 5.02 Å². The molecule has 5 heteroatoms. The zero-order chi connectivity index (χ0) is 11.3. The molecule has 0 atom stereocenters. The second-order valence-corrected chi connectivity index (χ2v) is 3.37. The van der Waals surface area contributed by atoms with Gasteiger partial charge in [0, 0.05) is 17.1 Å². The number of halogens is 1. The van der Waals surface area contributed by atoms with Crippen LogP contribution >= 0.6 is 11.6 Å². The number of hydrogen-bond donors (Lipinski definition) is 2. The summed E-state index contributed by atoms with van der Waals surface area (Å²) < 4.78 is 5.13. The number of nitrogens with two attached hydrogens (primary N) is 1. The van der Waals surface area contributed by atoms with E-state index in [-0.39, 0.29) is 12.5 Å². The van der Waals surface area contributed by atoms with Gasteiger partial charge in [-0.25, -0.2) is 0 Å². The van der Waals surface area contributed by atoms with Crippen LogP contribution in [-0.2, 0) is 11.3 Å².